The monoisotopic (exact) mass is 619 g/mol. The molecule has 2 aromatic rings. The number of imide groups is 1. The predicted octanol–water partition coefficient (Wildman–Crippen LogP) is 2.56. The van der Waals surface area contributed by atoms with Crippen LogP contribution in [0.2, 0.25) is 0 Å². The molecule has 4 amide bonds. The lowest BCUT2D eigenvalue weighted by Crippen LogP contribution is -2.59. The SMILES string of the molecule is CC(C)C[C@H](NC(=O)[C@@H](N)CCCNC(=N)N)C(=O)N(C(=O)Cc1ccccc1)[C@H](CNC(=O)/C=C/c1ccccc1)C(C)C. The lowest BCUT2D eigenvalue weighted by Gasteiger charge is -2.36. The molecule has 0 spiro atoms. The molecule has 0 unspecified atom stereocenters. The van der Waals surface area contributed by atoms with E-state index in [-0.39, 0.29) is 43.1 Å². The van der Waals surface area contributed by atoms with Crippen LogP contribution in [0.3, 0.4) is 0 Å². The van der Waals surface area contributed by atoms with E-state index in [4.69, 9.17) is 16.9 Å². The van der Waals surface area contributed by atoms with E-state index >= 15 is 0 Å². The second-order valence-electron chi connectivity index (χ2n) is 11.8. The van der Waals surface area contributed by atoms with Crippen LogP contribution in [0.1, 0.15) is 58.1 Å². The number of carbonyl (C=O) groups is 4. The van der Waals surface area contributed by atoms with Gasteiger partial charge in [-0.15, -0.1) is 0 Å². The van der Waals surface area contributed by atoms with Crippen molar-refractivity contribution < 1.29 is 19.2 Å². The topological polar surface area (TPSA) is 184 Å². The van der Waals surface area contributed by atoms with Crippen molar-refractivity contribution in [2.24, 2.45) is 23.3 Å². The summed E-state index contributed by atoms with van der Waals surface area (Å²) in [4.78, 5) is 55.3. The molecule has 0 fully saturated rings. The molecule has 0 saturated heterocycles. The fourth-order valence-corrected chi connectivity index (χ4v) is 4.77. The van der Waals surface area contributed by atoms with Crippen LogP contribution in [-0.2, 0) is 25.6 Å². The summed E-state index contributed by atoms with van der Waals surface area (Å²) in [5, 5.41) is 15.6. The van der Waals surface area contributed by atoms with E-state index in [0.29, 0.717) is 19.4 Å². The van der Waals surface area contributed by atoms with Crippen LogP contribution in [0.25, 0.3) is 6.08 Å². The van der Waals surface area contributed by atoms with E-state index < -0.39 is 35.8 Å². The Hall–Kier alpha value is -4.51. The van der Waals surface area contributed by atoms with Crippen LogP contribution in [0.15, 0.2) is 66.7 Å². The molecule has 0 aliphatic heterocycles. The zero-order valence-electron chi connectivity index (χ0n) is 26.8. The standard InChI is InChI=1S/C34H49N7O4/c1-23(2)20-28(40-32(44)27(35)16-11-19-38-34(36)37)33(45)41(31(43)21-26-14-9-6-10-15-26)29(24(3)4)22-39-30(42)18-17-25-12-7-5-8-13-25/h5-10,12-15,17-18,23-24,27-29H,11,16,19-22,35H2,1-4H3,(H,39,42)(H,40,44)(H4,36,37,38)/b18-17+/t27-,28-,29+/m0/s1. The summed E-state index contributed by atoms with van der Waals surface area (Å²) >= 11 is 0. The van der Waals surface area contributed by atoms with Crippen molar-refractivity contribution in [3.8, 4) is 0 Å². The molecule has 0 bridgehead atoms. The van der Waals surface area contributed by atoms with E-state index in [0.717, 1.165) is 11.1 Å². The fourth-order valence-electron chi connectivity index (χ4n) is 4.77. The maximum Gasteiger partial charge on any atom is 0.252 e. The number of nitrogens with two attached hydrogens (primary N) is 2. The highest BCUT2D eigenvalue weighted by Gasteiger charge is 2.37. The largest absolute Gasteiger partial charge is 0.370 e. The lowest BCUT2D eigenvalue weighted by molar-refractivity contribution is -0.151. The van der Waals surface area contributed by atoms with Crippen LogP contribution >= 0.6 is 0 Å². The molecule has 0 aliphatic carbocycles. The number of nitrogens with zero attached hydrogens (tertiary/aromatic N) is 1. The van der Waals surface area contributed by atoms with E-state index in [2.05, 4.69) is 16.0 Å². The third kappa shape index (κ3) is 13.3. The maximum absolute atomic E-state index is 14.3. The summed E-state index contributed by atoms with van der Waals surface area (Å²) in [5.74, 6) is -2.20. The Morgan fingerprint density at radius 2 is 1.56 bits per heavy atom. The Balaban J connectivity index is 2.31. The Morgan fingerprint density at radius 1 is 0.933 bits per heavy atom. The van der Waals surface area contributed by atoms with E-state index in [1.165, 1.54) is 11.0 Å². The predicted molar refractivity (Wildman–Crippen MR) is 178 cm³/mol. The maximum atomic E-state index is 14.3. The first-order valence-corrected chi connectivity index (χ1v) is 15.4. The van der Waals surface area contributed by atoms with Gasteiger partial charge in [0.2, 0.25) is 17.7 Å². The van der Waals surface area contributed by atoms with Crippen molar-refractivity contribution in [2.45, 2.75) is 71.5 Å². The number of rotatable bonds is 17. The Morgan fingerprint density at radius 3 is 2.13 bits per heavy atom. The first kappa shape index (κ1) is 36.7. The van der Waals surface area contributed by atoms with Gasteiger partial charge >= 0.3 is 0 Å². The second kappa shape index (κ2) is 19.0. The van der Waals surface area contributed by atoms with Gasteiger partial charge in [0.1, 0.15) is 6.04 Å². The summed E-state index contributed by atoms with van der Waals surface area (Å²) in [5.41, 5.74) is 13.0. The zero-order valence-corrected chi connectivity index (χ0v) is 26.8. The quantitative estimate of drug-likeness (QED) is 0.0680. The van der Waals surface area contributed by atoms with Crippen LogP contribution in [0.5, 0.6) is 0 Å². The van der Waals surface area contributed by atoms with Gasteiger partial charge in [0, 0.05) is 19.2 Å². The minimum absolute atomic E-state index is 0.0154. The Kier molecular flexibility index (Phi) is 15.5. The Bertz CT molecular complexity index is 1280. The minimum Gasteiger partial charge on any atom is -0.370 e. The smallest absolute Gasteiger partial charge is 0.252 e. The summed E-state index contributed by atoms with van der Waals surface area (Å²) in [7, 11) is 0. The average molecular weight is 620 g/mol. The van der Waals surface area contributed by atoms with Gasteiger partial charge in [0.15, 0.2) is 5.96 Å². The molecular weight excluding hydrogens is 570 g/mol. The van der Waals surface area contributed by atoms with Gasteiger partial charge in [-0.1, -0.05) is 88.4 Å². The first-order valence-electron chi connectivity index (χ1n) is 15.4. The minimum atomic E-state index is -1.01. The molecule has 0 radical (unpaired) electrons. The van der Waals surface area contributed by atoms with Gasteiger partial charge in [-0.2, -0.15) is 0 Å². The van der Waals surface area contributed by atoms with Gasteiger partial charge in [-0.05, 0) is 48.3 Å². The van der Waals surface area contributed by atoms with E-state index in [9.17, 15) is 19.2 Å². The van der Waals surface area contributed by atoms with Gasteiger partial charge in [-0.25, -0.2) is 0 Å². The fraction of sp³-hybridized carbons (Fsp3) is 0.441. The number of carbonyl (C=O) groups excluding carboxylic acids is 4. The highest BCUT2D eigenvalue weighted by Crippen LogP contribution is 2.18. The van der Waals surface area contributed by atoms with Crippen molar-refractivity contribution in [2.75, 3.05) is 13.1 Å². The van der Waals surface area contributed by atoms with E-state index in [1.807, 2.05) is 88.4 Å². The molecule has 3 atom stereocenters. The number of hydrogen-bond acceptors (Lipinski definition) is 6. The van der Waals surface area contributed by atoms with E-state index in [1.54, 1.807) is 6.08 Å². The highest BCUT2D eigenvalue weighted by atomic mass is 16.2. The first-order chi connectivity index (χ1) is 21.4. The molecule has 11 heteroatoms. The van der Waals surface area contributed by atoms with Gasteiger partial charge in [0.25, 0.3) is 5.91 Å². The molecule has 2 aromatic carbocycles. The highest BCUT2D eigenvalue weighted by molar-refractivity contribution is 6.01. The average Bonchev–Trinajstić information content (AvgIpc) is 2.99. The second-order valence-corrected chi connectivity index (χ2v) is 11.8. The number of amides is 4. The number of hydrogen-bond donors (Lipinski definition) is 6. The molecule has 2 rings (SSSR count). The third-order valence-corrected chi connectivity index (χ3v) is 7.18. The van der Waals surface area contributed by atoms with Gasteiger partial charge < -0.3 is 27.4 Å². The van der Waals surface area contributed by atoms with Gasteiger partial charge in [0.05, 0.1) is 18.5 Å². The van der Waals surface area contributed by atoms with Crippen LogP contribution < -0.4 is 27.4 Å². The summed E-state index contributed by atoms with van der Waals surface area (Å²) in [6, 6.07) is 15.9. The van der Waals surface area contributed by atoms with Crippen molar-refractivity contribution in [3.63, 3.8) is 0 Å². The van der Waals surface area contributed by atoms with Crippen LogP contribution in [0.4, 0.5) is 0 Å². The molecule has 11 nitrogen and oxygen atoms in total. The summed E-state index contributed by atoms with van der Waals surface area (Å²) in [6.07, 6.45) is 4.17. The molecule has 0 saturated carbocycles. The molecule has 0 heterocycles. The molecule has 244 valence electrons. The zero-order chi connectivity index (χ0) is 33.4. The molecule has 45 heavy (non-hydrogen) atoms. The number of guanidine groups is 1. The number of nitrogens with one attached hydrogen (secondary N) is 4. The summed E-state index contributed by atoms with van der Waals surface area (Å²) in [6.45, 7) is 8.04. The van der Waals surface area contributed by atoms with Crippen molar-refractivity contribution in [1.29, 1.82) is 5.41 Å². The third-order valence-electron chi connectivity index (χ3n) is 7.18. The van der Waals surface area contributed by atoms with Crippen molar-refractivity contribution >= 4 is 35.7 Å². The van der Waals surface area contributed by atoms with Crippen LogP contribution in [0, 0.1) is 17.2 Å². The Labute approximate surface area is 266 Å². The number of benzene rings is 2. The van der Waals surface area contributed by atoms with Gasteiger partial charge in [-0.3, -0.25) is 29.5 Å². The van der Waals surface area contributed by atoms with Crippen molar-refractivity contribution in [3.05, 3.63) is 77.9 Å². The van der Waals surface area contributed by atoms with Crippen LogP contribution in [-0.4, -0.2) is 65.7 Å². The van der Waals surface area contributed by atoms with Crippen molar-refractivity contribution in [1.82, 2.24) is 20.9 Å². The summed E-state index contributed by atoms with van der Waals surface area (Å²) < 4.78 is 0. The normalized spacial score (nSPS) is 13.2. The molecule has 0 aliphatic rings. The molecular formula is C34H49N7O4. The molecule has 8 N–H and O–H groups in total. The molecule has 0 aromatic heterocycles. The lowest BCUT2D eigenvalue weighted by atomic mass is 9.96.